The Hall–Kier alpha value is -2.82. The van der Waals surface area contributed by atoms with E-state index in [0.29, 0.717) is 5.69 Å². The van der Waals surface area contributed by atoms with Crippen LogP contribution in [0, 0.1) is 0 Å². The monoisotopic (exact) mass is 297 g/mol. The third kappa shape index (κ3) is 4.94. The first-order valence-corrected chi connectivity index (χ1v) is 7.09. The highest BCUT2D eigenvalue weighted by atomic mass is 16.2. The van der Waals surface area contributed by atoms with Crippen molar-refractivity contribution in [3.05, 3.63) is 66.2 Å². The van der Waals surface area contributed by atoms with Crippen molar-refractivity contribution in [3.8, 4) is 0 Å². The molecule has 0 saturated heterocycles. The second-order valence-corrected chi connectivity index (χ2v) is 4.87. The van der Waals surface area contributed by atoms with Crippen molar-refractivity contribution in [2.45, 2.75) is 13.0 Å². The van der Waals surface area contributed by atoms with Crippen molar-refractivity contribution in [2.24, 2.45) is 0 Å². The molecule has 5 heteroatoms. The maximum absolute atomic E-state index is 11.8. The molecular formula is C17H19N3O2. The molecule has 2 aromatic rings. The molecule has 0 aromatic heterocycles. The fourth-order valence-corrected chi connectivity index (χ4v) is 1.97. The largest absolute Gasteiger partial charge is 0.348 e. The Kier molecular flexibility index (Phi) is 5.54. The van der Waals surface area contributed by atoms with Crippen LogP contribution in [-0.2, 0) is 4.79 Å². The van der Waals surface area contributed by atoms with Crippen molar-refractivity contribution < 1.29 is 9.59 Å². The van der Waals surface area contributed by atoms with E-state index in [1.54, 1.807) is 12.1 Å². The van der Waals surface area contributed by atoms with Gasteiger partial charge in [-0.15, -0.1) is 0 Å². The van der Waals surface area contributed by atoms with Crippen LogP contribution in [-0.4, -0.2) is 18.5 Å². The van der Waals surface area contributed by atoms with Crippen LogP contribution >= 0.6 is 0 Å². The molecular weight excluding hydrogens is 278 g/mol. The van der Waals surface area contributed by atoms with E-state index in [1.165, 1.54) is 0 Å². The van der Waals surface area contributed by atoms with Crippen LogP contribution in [0.1, 0.15) is 18.5 Å². The van der Waals surface area contributed by atoms with Crippen molar-refractivity contribution in [1.29, 1.82) is 0 Å². The number of rotatable bonds is 5. The summed E-state index contributed by atoms with van der Waals surface area (Å²) in [4.78, 5) is 23.5. The normalized spacial score (nSPS) is 11.3. The highest BCUT2D eigenvalue weighted by Crippen LogP contribution is 2.10. The van der Waals surface area contributed by atoms with Crippen LogP contribution in [0.2, 0.25) is 0 Å². The van der Waals surface area contributed by atoms with Crippen molar-refractivity contribution >= 4 is 17.6 Å². The van der Waals surface area contributed by atoms with Gasteiger partial charge in [-0.2, -0.15) is 0 Å². The summed E-state index contributed by atoms with van der Waals surface area (Å²) in [5, 5.41) is 8.01. The number of para-hydroxylation sites is 1. The summed E-state index contributed by atoms with van der Waals surface area (Å²) >= 11 is 0. The third-order valence-electron chi connectivity index (χ3n) is 3.12. The van der Waals surface area contributed by atoms with Gasteiger partial charge in [0.25, 0.3) is 0 Å². The van der Waals surface area contributed by atoms with Gasteiger partial charge in [0.15, 0.2) is 0 Å². The van der Waals surface area contributed by atoms with Crippen LogP contribution in [0.5, 0.6) is 0 Å². The second kappa shape index (κ2) is 7.83. The zero-order valence-corrected chi connectivity index (χ0v) is 12.4. The first-order valence-electron chi connectivity index (χ1n) is 7.09. The number of hydrogen-bond donors (Lipinski definition) is 3. The van der Waals surface area contributed by atoms with E-state index in [1.807, 2.05) is 55.5 Å². The second-order valence-electron chi connectivity index (χ2n) is 4.87. The molecule has 2 aromatic carbocycles. The van der Waals surface area contributed by atoms with E-state index >= 15 is 0 Å². The molecule has 0 fully saturated rings. The Morgan fingerprint density at radius 2 is 1.55 bits per heavy atom. The molecule has 3 N–H and O–H groups in total. The maximum Gasteiger partial charge on any atom is 0.319 e. The van der Waals surface area contributed by atoms with E-state index < -0.39 is 6.03 Å². The molecule has 0 saturated carbocycles. The standard InChI is InChI=1S/C17H19N3O2/c1-13(14-8-4-2-5-9-14)19-16(21)12-18-17(22)20-15-10-6-3-7-11-15/h2-11,13H,12H2,1H3,(H,19,21)(H2,18,20,22)/t13-/m0/s1. The van der Waals surface area contributed by atoms with E-state index in [0.717, 1.165) is 5.56 Å². The van der Waals surface area contributed by atoms with Crippen molar-refractivity contribution in [3.63, 3.8) is 0 Å². The van der Waals surface area contributed by atoms with Crippen LogP contribution in [0.25, 0.3) is 0 Å². The van der Waals surface area contributed by atoms with Gasteiger partial charge < -0.3 is 16.0 Å². The lowest BCUT2D eigenvalue weighted by molar-refractivity contribution is -0.120. The fraction of sp³-hybridized carbons (Fsp3) is 0.176. The Labute approximate surface area is 129 Å². The molecule has 0 bridgehead atoms. The van der Waals surface area contributed by atoms with Gasteiger partial charge in [0.1, 0.15) is 0 Å². The lowest BCUT2D eigenvalue weighted by atomic mass is 10.1. The number of amides is 3. The van der Waals surface area contributed by atoms with Gasteiger partial charge >= 0.3 is 6.03 Å². The zero-order valence-electron chi connectivity index (χ0n) is 12.4. The fourth-order valence-electron chi connectivity index (χ4n) is 1.97. The predicted molar refractivity (Wildman–Crippen MR) is 86.5 cm³/mol. The van der Waals surface area contributed by atoms with Gasteiger partial charge in [0, 0.05) is 5.69 Å². The summed E-state index contributed by atoms with van der Waals surface area (Å²) in [5.74, 6) is -0.237. The summed E-state index contributed by atoms with van der Waals surface area (Å²) in [5.41, 5.74) is 1.70. The highest BCUT2D eigenvalue weighted by Gasteiger charge is 2.10. The SMILES string of the molecule is C[C@H](NC(=O)CNC(=O)Nc1ccccc1)c1ccccc1. The first-order chi connectivity index (χ1) is 10.6. The van der Waals surface area contributed by atoms with Crippen LogP contribution in [0.3, 0.4) is 0 Å². The Morgan fingerprint density at radius 3 is 2.18 bits per heavy atom. The summed E-state index contributed by atoms with van der Waals surface area (Å²) in [6.07, 6.45) is 0. The number of benzene rings is 2. The molecule has 0 radical (unpaired) electrons. The Morgan fingerprint density at radius 1 is 0.955 bits per heavy atom. The number of carbonyl (C=O) groups excluding carboxylic acids is 2. The predicted octanol–water partition coefficient (Wildman–Crippen LogP) is 2.69. The van der Waals surface area contributed by atoms with Gasteiger partial charge in [0.2, 0.25) is 5.91 Å². The van der Waals surface area contributed by atoms with Gasteiger partial charge in [-0.3, -0.25) is 4.79 Å². The summed E-state index contributed by atoms with van der Waals surface area (Å²) < 4.78 is 0. The van der Waals surface area contributed by atoms with E-state index in [2.05, 4.69) is 16.0 Å². The molecule has 1 atom stereocenters. The first kappa shape index (κ1) is 15.6. The molecule has 0 aliphatic carbocycles. The third-order valence-corrected chi connectivity index (χ3v) is 3.12. The number of anilines is 1. The minimum absolute atomic E-state index is 0.0736. The molecule has 114 valence electrons. The Bertz CT molecular complexity index is 614. The summed E-state index contributed by atoms with van der Waals surface area (Å²) in [6.45, 7) is 1.83. The smallest absolute Gasteiger partial charge is 0.319 e. The molecule has 0 aliphatic rings. The summed E-state index contributed by atoms with van der Waals surface area (Å²) in [7, 11) is 0. The van der Waals surface area contributed by atoms with E-state index in [4.69, 9.17) is 0 Å². The van der Waals surface area contributed by atoms with Crippen LogP contribution in [0.4, 0.5) is 10.5 Å². The quantitative estimate of drug-likeness (QED) is 0.794. The molecule has 0 heterocycles. The number of nitrogens with one attached hydrogen (secondary N) is 3. The molecule has 2 rings (SSSR count). The maximum atomic E-state index is 11.8. The van der Waals surface area contributed by atoms with E-state index in [9.17, 15) is 9.59 Å². The van der Waals surface area contributed by atoms with Gasteiger partial charge in [0.05, 0.1) is 12.6 Å². The molecule has 0 aliphatic heterocycles. The Balaban J connectivity index is 1.74. The zero-order chi connectivity index (χ0) is 15.8. The van der Waals surface area contributed by atoms with Gasteiger partial charge in [-0.1, -0.05) is 48.5 Å². The number of carbonyl (C=O) groups is 2. The molecule has 22 heavy (non-hydrogen) atoms. The van der Waals surface area contributed by atoms with Gasteiger partial charge in [-0.25, -0.2) is 4.79 Å². The molecule has 0 unspecified atom stereocenters. The van der Waals surface area contributed by atoms with Crippen molar-refractivity contribution in [1.82, 2.24) is 10.6 Å². The molecule has 5 nitrogen and oxygen atoms in total. The minimum atomic E-state index is -0.409. The minimum Gasteiger partial charge on any atom is -0.348 e. The lowest BCUT2D eigenvalue weighted by Crippen LogP contribution is -2.39. The topological polar surface area (TPSA) is 70.2 Å². The number of urea groups is 1. The number of hydrogen-bond acceptors (Lipinski definition) is 2. The average molecular weight is 297 g/mol. The lowest BCUT2D eigenvalue weighted by Gasteiger charge is -2.14. The van der Waals surface area contributed by atoms with Gasteiger partial charge in [-0.05, 0) is 24.6 Å². The van der Waals surface area contributed by atoms with Crippen molar-refractivity contribution in [2.75, 3.05) is 11.9 Å². The molecule has 3 amide bonds. The summed E-state index contributed by atoms with van der Waals surface area (Å²) in [6, 6.07) is 18.2. The van der Waals surface area contributed by atoms with Crippen LogP contribution < -0.4 is 16.0 Å². The van der Waals surface area contributed by atoms with Crippen LogP contribution in [0.15, 0.2) is 60.7 Å². The van der Waals surface area contributed by atoms with E-state index in [-0.39, 0.29) is 18.5 Å². The molecule has 0 spiro atoms. The highest BCUT2D eigenvalue weighted by molar-refractivity contribution is 5.92. The average Bonchev–Trinajstić information content (AvgIpc) is 2.55.